The molecule has 32 heavy (non-hydrogen) atoms. The molecule has 0 bridgehead atoms. The first-order valence-electron chi connectivity index (χ1n) is 11.0. The number of nitrogens with one attached hydrogen (secondary N) is 2. The van der Waals surface area contributed by atoms with Crippen LogP contribution in [0.5, 0.6) is 0 Å². The van der Waals surface area contributed by atoms with Gasteiger partial charge in [-0.05, 0) is 43.5 Å². The lowest BCUT2D eigenvalue weighted by Crippen LogP contribution is -2.45. The van der Waals surface area contributed by atoms with Crippen LogP contribution in [0.3, 0.4) is 0 Å². The zero-order valence-electron chi connectivity index (χ0n) is 18.6. The van der Waals surface area contributed by atoms with E-state index in [1.807, 2.05) is 49.1 Å². The molecule has 0 unspecified atom stereocenters. The topological polar surface area (TPSA) is 82.8 Å². The van der Waals surface area contributed by atoms with Crippen molar-refractivity contribution in [1.29, 1.82) is 0 Å². The number of aromatic nitrogens is 1. The summed E-state index contributed by atoms with van der Waals surface area (Å²) in [7, 11) is 0. The van der Waals surface area contributed by atoms with E-state index >= 15 is 0 Å². The van der Waals surface area contributed by atoms with Gasteiger partial charge in [-0.1, -0.05) is 42.0 Å². The first-order valence-corrected chi connectivity index (χ1v) is 11.0. The monoisotopic (exact) mass is 431 g/mol. The van der Waals surface area contributed by atoms with Crippen LogP contribution in [0, 0.1) is 6.92 Å². The van der Waals surface area contributed by atoms with Gasteiger partial charge in [-0.15, -0.1) is 0 Å². The van der Waals surface area contributed by atoms with E-state index in [0.29, 0.717) is 31.5 Å². The summed E-state index contributed by atoms with van der Waals surface area (Å²) in [5, 5.41) is 6.33. The molecule has 1 aromatic heterocycles. The van der Waals surface area contributed by atoms with Gasteiger partial charge in [0.05, 0.1) is 13.1 Å². The van der Waals surface area contributed by atoms with Gasteiger partial charge >= 0.3 is 0 Å². The lowest BCUT2D eigenvalue weighted by atomic mass is 10.00. The number of carbonyl (C=O) groups is 1. The highest BCUT2D eigenvalue weighted by Gasteiger charge is 2.20. The van der Waals surface area contributed by atoms with Crippen LogP contribution in [0.25, 0.3) is 11.5 Å². The molecule has 2 aromatic carbocycles. The summed E-state index contributed by atoms with van der Waals surface area (Å²) >= 11 is 0. The maximum absolute atomic E-state index is 12.7. The van der Waals surface area contributed by atoms with Gasteiger partial charge in [-0.2, -0.15) is 0 Å². The van der Waals surface area contributed by atoms with E-state index in [2.05, 4.69) is 38.8 Å². The van der Waals surface area contributed by atoms with Gasteiger partial charge in [0, 0.05) is 25.2 Å². The molecular weight excluding hydrogens is 402 g/mol. The Labute approximate surface area is 188 Å². The number of carbonyl (C=O) groups excluding carboxylic acids is 1. The second-order valence-corrected chi connectivity index (χ2v) is 7.89. The van der Waals surface area contributed by atoms with Crippen molar-refractivity contribution in [2.24, 2.45) is 4.99 Å². The van der Waals surface area contributed by atoms with Gasteiger partial charge < -0.3 is 20.0 Å². The molecule has 0 atom stereocenters. The molecule has 0 fully saturated rings. The maximum atomic E-state index is 12.7. The maximum Gasteiger partial charge on any atom is 0.242 e. The summed E-state index contributed by atoms with van der Waals surface area (Å²) in [6.07, 6.45) is 2.52. The van der Waals surface area contributed by atoms with Crippen molar-refractivity contribution in [3.8, 4) is 11.5 Å². The van der Waals surface area contributed by atoms with Crippen LogP contribution in [-0.4, -0.2) is 41.4 Å². The number of guanidine groups is 1. The lowest BCUT2D eigenvalue weighted by molar-refractivity contribution is -0.130. The van der Waals surface area contributed by atoms with Crippen LogP contribution >= 0.6 is 0 Å². The van der Waals surface area contributed by atoms with Crippen molar-refractivity contribution in [2.45, 2.75) is 33.4 Å². The minimum atomic E-state index is 0.0631. The predicted octanol–water partition coefficient (Wildman–Crippen LogP) is 3.29. The van der Waals surface area contributed by atoms with E-state index < -0.39 is 0 Å². The van der Waals surface area contributed by atoms with Gasteiger partial charge in [-0.3, -0.25) is 4.79 Å². The summed E-state index contributed by atoms with van der Waals surface area (Å²) in [6.45, 7) is 6.69. The summed E-state index contributed by atoms with van der Waals surface area (Å²) < 4.78 is 5.61. The number of fused-ring (bicyclic) bond motifs is 1. The third-order valence-corrected chi connectivity index (χ3v) is 5.48. The standard InChI is InChI=1S/C25H29N5O2/c1-3-26-25(27-14-22-17-32-24(29-22)20-10-8-18(2)9-11-20)28-15-23(31)30-13-12-19-6-4-5-7-21(19)16-30/h4-11,17H,3,12-16H2,1-2H3,(H2,26,27,28). The average molecular weight is 432 g/mol. The zero-order chi connectivity index (χ0) is 22.3. The van der Waals surface area contributed by atoms with E-state index in [-0.39, 0.29) is 12.5 Å². The van der Waals surface area contributed by atoms with Gasteiger partial charge in [0.25, 0.3) is 0 Å². The Morgan fingerprint density at radius 3 is 2.69 bits per heavy atom. The van der Waals surface area contributed by atoms with Crippen LogP contribution < -0.4 is 10.6 Å². The van der Waals surface area contributed by atoms with Gasteiger partial charge in [0.1, 0.15) is 12.0 Å². The number of rotatable bonds is 6. The van der Waals surface area contributed by atoms with Gasteiger partial charge in [-0.25, -0.2) is 9.98 Å². The Kier molecular flexibility index (Phi) is 6.84. The van der Waals surface area contributed by atoms with Crippen molar-refractivity contribution in [3.05, 3.63) is 77.2 Å². The first-order chi connectivity index (χ1) is 15.6. The Bertz CT molecular complexity index is 1090. The number of aliphatic imine (C=N–C) groups is 1. The normalized spacial score (nSPS) is 13.6. The van der Waals surface area contributed by atoms with E-state index in [1.54, 1.807) is 6.26 Å². The SMILES string of the molecule is CCNC(=NCc1coc(-c2ccc(C)cc2)n1)NCC(=O)N1CCc2ccccc2C1. The molecular formula is C25H29N5O2. The molecule has 0 radical (unpaired) electrons. The smallest absolute Gasteiger partial charge is 0.242 e. The number of hydrogen-bond acceptors (Lipinski definition) is 4. The molecule has 0 saturated heterocycles. The largest absolute Gasteiger partial charge is 0.444 e. The molecule has 0 spiro atoms. The fraction of sp³-hybridized carbons (Fsp3) is 0.320. The second kappa shape index (κ2) is 10.1. The third-order valence-electron chi connectivity index (χ3n) is 5.48. The number of nitrogens with zero attached hydrogens (tertiary/aromatic N) is 3. The van der Waals surface area contributed by atoms with Crippen molar-refractivity contribution in [3.63, 3.8) is 0 Å². The molecule has 1 aliphatic rings. The minimum absolute atomic E-state index is 0.0631. The fourth-order valence-electron chi connectivity index (χ4n) is 3.69. The highest BCUT2D eigenvalue weighted by Crippen LogP contribution is 2.20. The second-order valence-electron chi connectivity index (χ2n) is 7.89. The highest BCUT2D eigenvalue weighted by atomic mass is 16.3. The molecule has 0 aliphatic carbocycles. The fourth-order valence-corrected chi connectivity index (χ4v) is 3.69. The van der Waals surface area contributed by atoms with Crippen LogP contribution in [0.2, 0.25) is 0 Å². The summed E-state index contributed by atoms with van der Waals surface area (Å²) in [5.41, 5.74) is 5.41. The number of oxazole rings is 1. The van der Waals surface area contributed by atoms with E-state index in [0.717, 1.165) is 24.2 Å². The summed E-state index contributed by atoms with van der Waals surface area (Å²) in [4.78, 5) is 23.7. The Hall–Kier alpha value is -3.61. The quantitative estimate of drug-likeness (QED) is 0.462. The minimum Gasteiger partial charge on any atom is -0.444 e. The summed E-state index contributed by atoms with van der Waals surface area (Å²) in [6, 6.07) is 16.3. The molecule has 0 saturated carbocycles. The Morgan fingerprint density at radius 2 is 1.91 bits per heavy atom. The number of hydrogen-bond donors (Lipinski definition) is 2. The molecule has 7 nitrogen and oxygen atoms in total. The molecule has 2 N–H and O–H groups in total. The van der Waals surface area contributed by atoms with Gasteiger partial charge in [0.2, 0.25) is 11.8 Å². The molecule has 1 amide bonds. The number of aryl methyl sites for hydroxylation is 1. The molecule has 4 rings (SSSR count). The molecule has 166 valence electrons. The summed E-state index contributed by atoms with van der Waals surface area (Å²) in [5.74, 6) is 1.22. The zero-order valence-corrected chi connectivity index (χ0v) is 18.6. The molecule has 7 heteroatoms. The first kappa shape index (κ1) is 21.6. The van der Waals surface area contributed by atoms with Crippen molar-refractivity contribution in [2.75, 3.05) is 19.6 Å². The van der Waals surface area contributed by atoms with E-state index in [4.69, 9.17) is 4.42 Å². The van der Waals surface area contributed by atoms with Crippen molar-refractivity contribution in [1.82, 2.24) is 20.5 Å². The average Bonchev–Trinajstić information content (AvgIpc) is 3.30. The molecule has 1 aliphatic heterocycles. The van der Waals surface area contributed by atoms with Crippen LogP contribution in [0.1, 0.15) is 29.3 Å². The predicted molar refractivity (Wildman–Crippen MR) is 125 cm³/mol. The van der Waals surface area contributed by atoms with E-state index in [9.17, 15) is 4.79 Å². The number of benzene rings is 2. The van der Waals surface area contributed by atoms with Crippen molar-refractivity contribution >= 4 is 11.9 Å². The van der Waals surface area contributed by atoms with Crippen molar-refractivity contribution < 1.29 is 9.21 Å². The van der Waals surface area contributed by atoms with Crippen LogP contribution in [0.15, 0.2) is 64.2 Å². The highest BCUT2D eigenvalue weighted by molar-refractivity contribution is 5.86. The molecule has 3 aromatic rings. The van der Waals surface area contributed by atoms with Gasteiger partial charge in [0.15, 0.2) is 5.96 Å². The van der Waals surface area contributed by atoms with E-state index in [1.165, 1.54) is 16.7 Å². The number of amides is 1. The lowest BCUT2D eigenvalue weighted by Gasteiger charge is -2.29. The van der Waals surface area contributed by atoms with Crippen LogP contribution in [0.4, 0.5) is 0 Å². The van der Waals surface area contributed by atoms with Crippen LogP contribution in [-0.2, 0) is 24.3 Å². The molecule has 2 heterocycles. The Balaban J connectivity index is 1.33. The third kappa shape index (κ3) is 5.35. The Morgan fingerprint density at radius 1 is 1.12 bits per heavy atom.